The van der Waals surface area contributed by atoms with Crippen molar-refractivity contribution in [3.8, 4) is 0 Å². The number of hydrogen-bond acceptors (Lipinski definition) is 0. The molecule has 4 rings (SSSR count). The van der Waals surface area contributed by atoms with Gasteiger partial charge in [-0.1, -0.05) is 76.5 Å². The molecule has 0 amide bonds. The highest BCUT2D eigenvalue weighted by Gasteiger charge is 2.35. The zero-order valence-electron chi connectivity index (χ0n) is 13.8. The van der Waals surface area contributed by atoms with E-state index in [1.54, 1.807) is 10.6 Å². The lowest BCUT2D eigenvalue weighted by atomic mass is 10.1. The van der Waals surface area contributed by atoms with E-state index in [2.05, 4.69) is 60.7 Å². The molecule has 0 spiro atoms. The molecule has 0 N–H and O–H groups in total. The van der Waals surface area contributed by atoms with Crippen molar-refractivity contribution in [1.29, 1.82) is 0 Å². The van der Waals surface area contributed by atoms with Gasteiger partial charge in [0.15, 0.2) is 0 Å². The van der Waals surface area contributed by atoms with Crippen LogP contribution >= 0.6 is 15.8 Å². The van der Waals surface area contributed by atoms with Crippen molar-refractivity contribution in [2.24, 2.45) is 0 Å². The molecule has 2 heteroatoms. The van der Waals surface area contributed by atoms with E-state index in [0.29, 0.717) is 0 Å². The molecule has 2 heterocycles. The van der Waals surface area contributed by atoms with Crippen LogP contribution in [0.2, 0.25) is 0 Å². The Morgan fingerprint density at radius 2 is 1.09 bits per heavy atom. The van der Waals surface area contributed by atoms with Gasteiger partial charge in [0.05, 0.1) is 0 Å². The second-order valence-corrected chi connectivity index (χ2v) is 12.2. The smallest absolute Gasteiger partial charge is 0.0163 e. The Morgan fingerprint density at radius 3 is 1.52 bits per heavy atom. The number of benzene rings is 2. The van der Waals surface area contributed by atoms with Crippen molar-refractivity contribution in [3.63, 3.8) is 0 Å². The third-order valence-corrected chi connectivity index (χ3v) is 11.7. The average molecular weight is 340 g/mol. The van der Waals surface area contributed by atoms with Gasteiger partial charge < -0.3 is 0 Å². The molecule has 2 fully saturated rings. The fraction of sp³-hybridized carbons (Fsp3) is 0.429. The lowest BCUT2D eigenvalue weighted by molar-refractivity contribution is 0.659. The summed E-state index contributed by atoms with van der Waals surface area (Å²) in [6.07, 6.45) is 10.3. The third-order valence-electron chi connectivity index (χ3n) is 5.47. The minimum atomic E-state index is 0.103. The van der Waals surface area contributed by atoms with Crippen LogP contribution in [0.1, 0.15) is 32.1 Å². The molecule has 0 radical (unpaired) electrons. The standard InChI is InChI=1S/C21H26P2/c1-3-9-18(10-4-1)22-15-7-13-20(22)17-21-14-8-16-23(21)19-11-5-2-6-12-19/h1-6,9-12,20-21H,7-8,13-17H2/t20-,21-,22?,23?/m1/s1. The molecule has 0 aliphatic carbocycles. The van der Waals surface area contributed by atoms with Crippen molar-refractivity contribution < 1.29 is 0 Å². The van der Waals surface area contributed by atoms with Crippen molar-refractivity contribution in [2.75, 3.05) is 12.3 Å². The number of rotatable bonds is 4. The van der Waals surface area contributed by atoms with E-state index >= 15 is 0 Å². The van der Waals surface area contributed by atoms with Crippen LogP contribution in [0.4, 0.5) is 0 Å². The van der Waals surface area contributed by atoms with Crippen LogP contribution in [0.25, 0.3) is 0 Å². The van der Waals surface area contributed by atoms with E-state index < -0.39 is 0 Å². The van der Waals surface area contributed by atoms with E-state index in [-0.39, 0.29) is 15.8 Å². The molecule has 4 atom stereocenters. The minimum absolute atomic E-state index is 0.103. The van der Waals surface area contributed by atoms with Crippen LogP contribution in [0.5, 0.6) is 0 Å². The molecule has 2 saturated heterocycles. The van der Waals surface area contributed by atoms with Crippen LogP contribution in [0, 0.1) is 0 Å². The molecular weight excluding hydrogens is 314 g/mol. The van der Waals surface area contributed by atoms with Gasteiger partial charge in [0.2, 0.25) is 0 Å². The first-order valence-corrected chi connectivity index (χ1v) is 12.2. The average Bonchev–Trinajstić information content (AvgIpc) is 3.26. The van der Waals surface area contributed by atoms with Gasteiger partial charge in [-0.2, -0.15) is 0 Å². The summed E-state index contributed by atoms with van der Waals surface area (Å²) < 4.78 is 0. The van der Waals surface area contributed by atoms with E-state index in [9.17, 15) is 0 Å². The van der Waals surface area contributed by atoms with E-state index in [4.69, 9.17) is 0 Å². The first kappa shape index (κ1) is 15.8. The minimum Gasteiger partial charge on any atom is -0.0721 e. The van der Waals surface area contributed by atoms with Crippen molar-refractivity contribution in [3.05, 3.63) is 60.7 Å². The highest BCUT2D eigenvalue weighted by atomic mass is 31.1. The van der Waals surface area contributed by atoms with E-state index in [0.717, 1.165) is 11.3 Å². The summed E-state index contributed by atoms with van der Waals surface area (Å²) in [5.74, 6) is 0. The van der Waals surface area contributed by atoms with Crippen molar-refractivity contribution in [1.82, 2.24) is 0 Å². The lowest BCUT2D eigenvalue weighted by Gasteiger charge is -2.27. The van der Waals surface area contributed by atoms with Crippen LogP contribution in [-0.4, -0.2) is 23.6 Å². The van der Waals surface area contributed by atoms with Crippen LogP contribution < -0.4 is 10.6 Å². The Bertz CT molecular complexity index is 555. The fourth-order valence-electron chi connectivity index (χ4n) is 4.39. The van der Waals surface area contributed by atoms with Gasteiger partial charge in [0, 0.05) is 0 Å². The third kappa shape index (κ3) is 3.55. The Morgan fingerprint density at radius 1 is 0.652 bits per heavy atom. The quantitative estimate of drug-likeness (QED) is 0.661. The highest BCUT2D eigenvalue weighted by molar-refractivity contribution is 7.67. The van der Waals surface area contributed by atoms with Gasteiger partial charge in [0.1, 0.15) is 0 Å². The molecule has 23 heavy (non-hydrogen) atoms. The molecule has 0 saturated carbocycles. The van der Waals surface area contributed by atoms with Gasteiger partial charge in [-0.15, -0.1) is 0 Å². The largest absolute Gasteiger partial charge is 0.0721 e. The SMILES string of the molecule is c1ccc(P2CCC[C@@H]2C[C@H]2CCCP2c2ccccc2)cc1. The van der Waals surface area contributed by atoms with Gasteiger partial charge >= 0.3 is 0 Å². The Balaban J connectivity index is 1.48. The summed E-state index contributed by atoms with van der Waals surface area (Å²) in [6, 6.07) is 22.8. The summed E-state index contributed by atoms with van der Waals surface area (Å²) >= 11 is 0. The van der Waals surface area contributed by atoms with Crippen molar-refractivity contribution >= 4 is 26.5 Å². The molecule has 2 aliphatic rings. The Kier molecular flexibility index (Phi) is 5.13. The van der Waals surface area contributed by atoms with Crippen molar-refractivity contribution in [2.45, 2.75) is 43.4 Å². The fourth-order valence-corrected chi connectivity index (χ4v) is 10.8. The topological polar surface area (TPSA) is 0 Å². The Labute approximate surface area is 143 Å². The molecule has 0 aromatic heterocycles. The second-order valence-electron chi connectivity index (χ2n) is 6.89. The van der Waals surface area contributed by atoms with Gasteiger partial charge in [-0.25, -0.2) is 0 Å². The lowest BCUT2D eigenvalue weighted by Crippen LogP contribution is -2.18. The maximum absolute atomic E-state index is 2.39. The molecule has 2 unspecified atom stereocenters. The van der Waals surface area contributed by atoms with Crippen LogP contribution in [-0.2, 0) is 0 Å². The highest BCUT2D eigenvalue weighted by Crippen LogP contribution is 2.57. The monoisotopic (exact) mass is 340 g/mol. The normalized spacial score (nSPS) is 30.6. The number of hydrogen-bond donors (Lipinski definition) is 0. The molecule has 2 aromatic carbocycles. The first-order chi connectivity index (χ1) is 11.4. The maximum atomic E-state index is 2.39. The van der Waals surface area contributed by atoms with Gasteiger partial charge in [-0.3, -0.25) is 0 Å². The zero-order valence-corrected chi connectivity index (χ0v) is 15.6. The van der Waals surface area contributed by atoms with Crippen LogP contribution in [0.3, 0.4) is 0 Å². The summed E-state index contributed by atoms with van der Waals surface area (Å²) in [7, 11) is 0.205. The molecule has 2 aliphatic heterocycles. The second kappa shape index (κ2) is 7.46. The molecule has 120 valence electrons. The molecule has 0 nitrogen and oxygen atoms in total. The zero-order chi connectivity index (χ0) is 15.5. The predicted octanol–water partition coefficient (Wildman–Crippen LogP) is 5.32. The summed E-state index contributed by atoms with van der Waals surface area (Å²) in [4.78, 5) is 0. The van der Waals surface area contributed by atoms with Gasteiger partial charge in [-0.05, 0) is 66.4 Å². The Hall–Kier alpha value is -0.700. The molecule has 0 bridgehead atoms. The first-order valence-electron chi connectivity index (χ1n) is 9.05. The summed E-state index contributed by atoms with van der Waals surface area (Å²) in [5.41, 5.74) is 1.98. The summed E-state index contributed by atoms with van der Waals surface area (Å²) in [5, 5.41) is 3.32. The van der Waals surface area contributed by atoms with Crippen LogP contribution in [0.15, 0.2) is 60.7 Å². The predicted molar refractivity (Wildman–Crippen MR) is 106 cm³/mol. The summed E-state index contributed by atoms with van der Waals surface area (Å²) in [6.45, 7) is 0. The van der Waals surface area contributed by atoms with E-state index in [1.165, 1.54) is 44.4 Å². The molecule has 2 aromatic rings. The molecular formula is C21H26P2. The van der Waals surface area contributed by atoms with Gasteiger partial charge in [0.25, 0.3) is 0 Å². The maximum Gasteiger partial charge on any atom is -0.0163 e. The van der Waals surface area contributed by atoms with E-state index in [1.807, 2.05) is 0 Å².